The van der Waals surface area contributed by atoms with Gasteiger partial charge in [0.25, 0.3) is 0 Å². The molecule has 24 N–H and O–H groups in total. The first-order valence-electron chi connectivity index (χ1n) is 34.6. The fourth-order valence-corrected chi connectivity index (χ4v) is 10.3. The van der Waals surface area contributed by atoms with Crippen LogP contribution in [0.25, 0.3) is 0 Å². The predicted octanol–water partition coefficient (Wildman–Crippen LogP) is -1.80. The van der Waals surface area contributed by atoms with E-state index in [-0.39, 0.29) is 101 Å². The van der Waals surface area contributed by atoms with Crippen molar-refractivity contribution in [3.05, 3.63) is 0 Å². The maximum atomic E-state index is 14.4. The van der Waals surface area contributed by atoms with Gasteiger partial charge in [0.2, 0.25) is 76.8 Å². The zero-order chi connectivity index (χ0) is 73.2. The van der Waals surface area contributed by atoms with Crippen LogP contribution in [0.1, 0.15) is 205 Å². The standard InChI is InChI=1S/C65H124N18O13/c1-37(2)33-50(54(71)85)80-60(91)47(25-15-20-30-68)77-56(87)42(10)74-65(96)53(36-40(7)8)83-62(93)49(27-17-22-32-70)79-59(90)46(24-14-19-29-67)76-55(86)41(9)73-64(95)52(35-39(5)6)82-61(92)48(26-16-21-31-69)78-57(88)43(11)72-63(94)51(34-38(3)4)81-58(89)45(75-44(12)84)23-13-18-28-66/h37-43,45-53H,13-36,66-70H2,1-12H3,(H2,71,85)(H,72,94)(H,73,95)(H,74,96)(H,75,84)(H,76,86)(H,77,87)(H,78,88)(H,79,90)(H,80,91)(H,81,89)(H,82,92)(H,83,93)/t41-,42-,43-,45-,46-,47-,48-,49-,50-,51-,52-,53-/m0/s1. The Morgan fingerprint density at radius 2 is 0.417 bits per heavy atom. The maximum Gasteiger partial charge on any atom is 0.243 e. The summed E-state index contributed by atoms with van der Waals surface area (Å²) < 4.78 is 0. The van der Waals surface area contributed by atoms with E-state index in [4.69, 9.17) is 34.4 Å². The van der Waals surface area contributed by atoms with E-state index in [9.17, 15) is 62.3 Å². The lowest BCUT2D eigenvalue weighted by molar-refractivity contribution is -0.136. The average molecular weight is 1370 g/mol. The van der Waals surface area contributed by atoms with Crippen LogP contribution in [-0.4, -0.2) is 182 Å². The van der Waals surface area contributed by atoms with Crippen LogP contribution < -0.4 is 98.2 Å². The zero-order valence-corrected chi connectivity index (χ0v) is 59.5. The summed E-state index contributed by atoms with van der Waals surface area (Å²) in [4.78, 5) is 177. The van der Waals surface area contributed by atoms with Crippen LogP contribution in [0.15, 0.2) is 0 Å². The lowest BCUT2D eigenvalue weighted by Gasteiger charge is -2.28. The Balaban J connectivity index is 6.61. The van der Waals surface area contributed by atoms with Crippen LogP contribution in [0.3, 0.4) is 0 Å². The van der Waals surface area contributed by atoms with Gasteiger partial charge in [0.15, 0.2) is 0 Å². The fourth-order valence-electron chi connectivity index (χ4n) is 10.3. The predicted molar refractivity (Wildman–Crippen MR) is 367 cm³/mol. The van der Waals surface area contributed by atoms with E-state index in [0.717, 1.165) is 0 Å². The molecule has 552 valence electrons. The highest BCUT2D eigenvalue weighted by Crippen LogP contribution is 2.14. The molecule has 31 nitrogen and oxygen atoms in total. The average Bonchev–Trinajstić information content (AvgIpc) is 1.10. The summed E-state index contributed by atoms with van der Waals surface area (Å²) in [5, 5.41) is 32.2. The second-order valence-electron chi connectivity index (χ2n) is 26.8. The van der Waals surface area contributed by atoms with E-state index in [1.807, 2.05) is 55.4 Å². The van der Waals surface area contributed by atoms with Gasteiger partial charge in [-0.1, -0.05) is 55.4 Å². The van der Waals surface area contributed by atoms with Crippen molar-refractivity contribution in [3.8, 4) is 0 Å². The zero-order valence-electron chi connectivity index (χ0n) is 59.5. The molecule has 0 aliphatic heterocycles. The van der Waals surface area contributed by atoms with Crippen LogP contribution in [0, 0.1) is 23.7 Å². The first-order chi connectivity index (χ1) is 45.2. The normalized spacial score (nSPS) is 15.1. The summed E-state index contributed by atoms with van der Waals surface area (Å²) in [5.74, 6) is -9.48. The van der Waals surface area contributed by atoms with E-state index in [0.29, 0.717) is 77.3 Å². The number of amides is 13. The highest BCUT2D eigenvalue weighted by Gasteiger charge is 2.36. The van der Waals surface area contributed by atoms with Gasteiger partial charge in [-0.05, 0) is 199 Å². The summed E-state index contributed by atoms with van der Waals surface area (Å²) in [6.45, 7) is 21.7. The number of rotatable bonds is 52. The third kappa shape index (κ3) is 38.0. The first kappa shape index (κ1) is 88.9. The Bertz CT molecular complexity index is 2440. The van der Waals surface area contributed by atoms with Crippen molar-refractivity contribution in [2.75, 3.05) is 32.7 Å². The molecule has 0 unspecified atom stereocenters. The number of hydrogen-bond donors (Lipinski definition) is 18. The first-order valence-corrected chi connectivity index (χ1v) is 34.6. The molecule has 13 amide bonds. The van der Waals surface area contributed by atoms with Crippen LogP contribution in [-0.2, 0) is 62.3 Å². The van der Waals surface area contributed by atoms with Gasteiger partial charge in [-0.15, -0.1) is 0 Å². The molecule has 0 aliphatic rings. The molecular weight excluding hydrogens is 1240 g/mol. The van der Waals surface area contributed by atoms with Crippen molar-refractivity contribution in [1.29, 1.82) is 0 Å². The lowest BCUT2D eigenvalue weighted by atomic mass is 10.0. The molecule has 12 atom stereocenters. The molecule has 0 fully saturated rings. The van der Waals surface area contributed by atoms with Gasteiger partial charge in [0.05, 0.1) is 0 Å². The minimum atomic E-state index is -1.30. The molecule has 0 bridgehead atoms. The van der Waals surface area contributed by atoms with Crippen molar-refractivity contribution in [2.45, 2.75) is 278 Å². The molecule has 0 aromatic carbocycles. The highest BCUT2D eigenvalue weighted by molar-refractivity contribution is 5.99. The molecular formula is C65H124N18O13. The number of hydrogen-bond acceptors (Lipinski definition) is 18. The Morgan fingerprint density at radius 3 is 0.615 bits per heavy atom. The van der Waals surface area contributed by atoms with Gasteiger partial charge in [0, 0.05) is 6.92 Å². The van der Waals surface area contributed by atoms with Crippen molar-refractivity contribution in [3.63, 3.8) is 0 Å². The number of carbonyl (C=O) groups excluding carboxylic acids is 13. The summed E-state index contributed by atoms with van der Waals surface area (Å²) in [7, 11) is 0. The van der Waals surface area contributed by atoms with Crippen LogP contribution in [0.2, 0.25) is 0 Å². The van der Waals surface area contributed by atoms with Gasteiger partial charge in [-0.25, -0.2) is 0 Å². The maximum absolute atomic E-state index is 14.4. The van der Waals surface area contributed by atoms with Gasteiger partial charge in [0.1, 0.15) is 72.5 Å². The van der Waals surface area contributed by atoms with Gasteiger partial charge >= 0.3 is 0 Å². The second kappa shape index (κ2) is 49.4. The Hall–Kier alpha value is -7.09. The third-order valence-electron chi connectivity index (χ3n) is 15.6. The molecule has 96 heavy (non-hydrogen) atoms. The van der Waals surface area contributed by atoms with Gasteiger partial charge < -0.3 is 98.2 Å². The molecule has 0 aromatic heterocycles. The molecule has 0 aliphatic carbocycles. The van der Waals surface area contributed by atoms with Crippen LogP contribution >= 0.6 is 0 Å². The second-order valence-corrected chi connectivity index (χ2v) is 26.8. The minimum Gasteiger partial charge on any atom is -0.368 e. The Kier molecular flexibility index (Phi) is 45.8. The number of unbranched alkanes of at least 4 members (excludes halogenated alkanes) is 5. The topological polar surface area (TPSA) is 522 Å². The molecule has 0 heterocycles. The van der Waals surface area contributed by atoms with Gasteiger partial charge in [-0.3, -0.25) is 62.3 Å². The molecule has 0 spiro atoms. The summed E-state index contributed by atoms with van der Waals surface area (Å²) in [6, 6.07) is -14.1. The van der Waals surface area contributed by atoms with E-state index >= 15 is 0 Å². The van der Waals surface area contributed by atoms with E-state index in [1.165, 1.54) is 27.7 Å². The van der Waals surface area contributed by atoms with E-state index in [1.54, 1.807) is 0 Å². The molecule has 31 heteroatoms. The lowest BCUT2D eigenvalue weighted by Crippen LogP contribution is -2.60. The van der Waals surface area contributed by atoms with Crippen molar-refractivity contribution < 1.29 is 62.3 Å². The largest absolute Gasteiger partial charge is 0.368 e. The van der Waals surface area contributed by atoms with Crippen LogP contribution in [0.4, 0.5) is 0 Å². The molecule has 0 saturated carbocycles. The van der Waals surface area contributed by atoms with E-state index < -0.39 is 149 Å². The fraction of sp³-hybridized carbons (Fsp3) is 0.800. The van der Waals surface area contributed by atoms with Crippen molar-refractivity contribution in [2.24, 2.45) is 58.1 Å². The number of carbonyl (C=O) groups is 13. The summed E-state index contributed by atoms with van der Waals surface area (Å²) in [6.07, 6.45) is 5.99. The number of nitrogens with one attached hydrogen (secondary N) is 12. The van der Waals surface area contributed by atoms with Crippen molar-refractivity contribution in [1.82, 2.24) is 63.8 Å². The Morgan fingerprint density at radius 1 is 0.240 bits per heavy atom. The number of nitrogens with two attached hydrogens (primary N) is 6. The molecule has 0 rings (SSSR count). The molecule has 0 aromatic rings. The Labute approximate surface area is 569 Å². The quantitative estimate of drug-likeness (QED) is 0.0299. The highest BCUT2D eigenvalue weighted by atomic mass is 16.2. The summed E-state index contributed by atoms with van der Waals surface area (Å²) >= 11 is 0. The molecule has 0 radical (unpaired) electrons. The monoisotopic (exact) mass is 1360 g/mol. The van der Waals surface area contributed by atoms with Gasteiger partial charge in [-0.2, -0.15) is 0 Å². The van der Waals surface area contributed by atoms with Crippen molar-refractivity contribution >= 4 is 76.8 Å². The minimum absolute atomic E-state index is 0.0134. The number of primary amides is 1. The SMILES string of the molecule is CC(=O)N[C@@H](CCCCN)C(=O)N[C@@H](CC(C)C)C(=O)N[C@@H](C)C(=O)N[C@@H](CCCCN)C(=O)N[C@@H](CC(C)C)C(=O)N[C@@H](C)C(=O)N[C@@H](CCCCN)C(=O)N[C@@H](CCCCN)C(=O)N[C@@H](CC(C)C)C(=O)N[C@@H](C)C(=O)N[C@@H](CCCCN)C(=O)N[C@@H](CC(C)C)C(N)=O. The third-order valence-corrected chi connectivity index (χ3v) is 15.6. The van der Waals surface area contributed by atoms with E-state index in [2.05, 4.69) is 63.8 Å². The van der Waals surface area contributed by atoms with Crippen LogP contribution in [0.5, 0.6) is 0 Å². The molecule has 0 saturated heterocycles. The smallest absolute Gasteiger partial charge is 0.243 e. The summed E-state index contributed by atoms with van der Waals surface area (Å²) in [5.41, 5.74) is 34.3.